The molecule has 0 aliphatic carbocycles. The van der Waals surface area contributed by atoms with Crippen LogP contribution in [-0.2, 0) is 16.1 Å². The molecule has 0 N–H and O–H groups in total. The number of carbonyl (C=O) groups excluding carboxylic acids is 1. The first-order valence-electron chi connectivity index (χ1n) is 10.1. The fourth-order valence-electron chi connectivity index (χ4n) is 5.21. The van der Waals surface area contributed by atoms with Crippen LogP contribution in [0.1, 0.15) is 25.3 Å². The summed E-state index contributed by atoms with van der Waals surface area (Å²) < 4.78 is 5.61. The first-order chi connectivity index (χ1) is 13.1. The lowest BCUT2D eigenvalue weighted by Gasteiger charge is -2.26. The van der Waals surface area contributed by atoms with E-state index < -0.39 is 0 Å². The van der Waals surface area contributed by atoms with Gasteiger partial charge >= 0.3 is 0 Å². The molecule has 5 nitrogen and oxygen atoms in total. The zero-order valence-electron chi connectivity index (χ0n) is 15.9. The molecule has 0 bridgehead atoms. The van der Waals surface area contributed by atoms with Gasteiger partial charge in [0.2, 0.25) is 0 Å². The Morgan fingerprint density at radius 2 is 2.22 bits per heavy atom. The van der Waals surface area contributed by atoms with Crippen LogP contribution in [0.15, 0.2) is 36.5 Å². The highest BCUT2D eigenvalue weighted by atomic mass is 16.5. The lowest BCUT2D eigenvalue weighted by Crippen LogP contribution is -2.40. The Hall–Kier alpha value is -1.98. The number of aromatic nitrogens is 1. The van der Waals surface area contributed by atoms with Crippen LogP contribution >= 0.6 is 0 Å². The summed E-state index contributed by atoms with van der Waals surface area (Å²) in [5.74, 6) is 0.779. The third-order valence-electron chi connectivity index (χ3n) is 6.63. The van der Waals surface area contributed by atoms with E-state index in [2.05, 4.69) is 46.0 Å². The second-order valence-corrected chi connectivity index (χ2v) is 8.77. The van der Waals surface area contributed by atoms with Crippen LogP contribution in [0.5, 0.6) is 0 Å². The highest BCUT2D eigenvalue weighted by molar-refractivity contribution is 5.81. The highest BCUT2D eigenvalue weighted by Crippen LogP contribution is 2.43. The minimum atomic E-state index is -0.185. The Morgan fingerprint density at radius 1 is 1.30 bits per heavy atom. The van der Waals surface area contributed by atoms with Crippen molar-refractivity contribution in [1.82, 2.24) is 14.8 Å². The molecule has 142 valence electrons. The molecule has 0 saturated carbocycles. The molecule has 1 aromatic heterocycles. The monoisotopic (exact) mass is 365 g/mol. The molecular weight excluding hydrogens is 338 g/mol. The number of rotatable bonds is 3. The average Bonchev–Trinajstić information content (AvgIpc) is 3.35. The Labute approximate surface area is 160 Å². The molecule has 5 heteroatoms. The maximum absolute atomic E-state index is 12.7. The smallest absolute Gasteiger partial charge is 0.251 e. The van der Waals surface area contributed by atoms with E-state index in [9.17, 15) is 4.79 Å². The van der Waals surface area contributed by atoms with Crippen molar-refractivity contribution in [2.45, 2.75) is 32.4 Å². The Kier molecular flexibility index (Phi) is 4.17. The van der Waals surface area contributed by atoms with Gasteiger partial charge in [0.15, 0.2) is 0 Å². The summed E-state index contributed by atoms with van der Waals surface area (Å²) in [4.78, 5) is 21.7. The maximum Gasteiger partial charge on any atom is 0.251 e. The van der Waals surface area contributed by atoms with Crippen LogP contribution in [0, 0.1) is 11.3 Å². The fourth-order valence-corrected chi connectivity index (χ4v) is 5.21. The summed E-state index contributed by atoms with van der Waals surface area (Å²) in [6.07, 6.45) is 3.56. The fraction of sp³-hybridized carbons (Fsp3) is 0.545. The molecule has 0 radical (unpaired) electrons. The number of ether oxygens (including phenoxy) is 1. The van der Waals surface area contributed by atoms with Gasteiger partial charge in [0.05, 0.1) is 5.52 Å². The van der Waals surface area contributed by atoms with Crippen LogP contribution in [0.4, 0.5) is 0 Å². The summed E-state index contributed by atoms with van der Waals surface area (Å²) in [7, 11) is 0. The third kappa shape index (κ3) is 3.13. The summed E-state index contributed by atoms with van der Waals surface area (Å²) in [5.41, 5.74) is 2.59. The predicted octanol–water partition coefficient (Wildman–Crippen LogP) is 2.69. The van der Waals surface area contributed by atoms with Crippen molar-refractivity contribution in [3.05, 3.63) is 42.1 Å². The molecule has 3 fully saturated rings. The van der Waals surface area contributed by atoms with E-state index in [0.717, 1.165) is 57.7 Å². The molecule has 1 aromatic carbocycles. The number of hydrogen-bond acceptors (Lipinski definition) is 4. The van der Waals surface area contributed by atoms with Gasteiger partial charge in [-0.2, -0.15) is 0 Å². The molecule has 3 aliphatic heterocycles. The second kappa shape index (κ2) is 6.57. The van der Waals surface area contributed by atoms with Gasteiger partial charge in [-0.1, -0.05) is 19.1 Å². The highest BCUT2D eigenvalue weighted by Gasteiger charge is 2.51. The van der Waals surface area contributed by atoms with E-state index in [1.54, 1.807) is 0 Å². The number of amides is 1. The zero-order chi connectivity index (χ0) is 18.4. The van der Waals surface area contributed by atoms with Crippen molar-refractivity contribution >= 4 is 16.8 Å². The molecule has 3 saturated heterocycles. The quantitative estimate of drug-likeness (QED) is 0.839. The molecule has 4 heterocycles. The molecule has 5 rings (SSSR count). The lowest BCUT2D eigenvalue weighted by molar-refractivity contribution is -0.140. The summed E-state index contributed by atoms with van der Waals surface area (Å²) in [6.45, 7) is 7.93. The molecule has 0 spiro atoms. The summed E-state index contributed by atoms with van der Waals surface area (Å²) in [5, 5.41) is 1.20. The minimum Gasteiger partial charge on any atom is -0.368 e. The van der Waals surface area contributed by atoms with Gasteiger partial charge in [-0.15, -0.1) is 0 Å². The van der Waals surface area contributed by atoms with Crippen LogP contribution in [0.3, 0.4) is 0 Å². The Bertz CT molecular complexity index is 864. The van der Waals surface area contributed by atoms with Gasteiger partial charge in [0.25, 0.3) is 5.91 Å². The molecule has 3 aliphatic rings. The first-order valence-corrected chi connectivity index (χ1v) is 10.1. The number of hydrogen-bond donors (Lipinski definition) is 0. The second-order valence-electron chi connectivity index (χ2n) is 8.77. The molecule has 2 aromatic rings. The average molecular weight is 365 g/mol. The Balaban J connectivity index is 1.24. The third-order valence-corrected chi connectivity index (χ3v) is 6.63. The Morgan fingerprint density at radius 3 is 3.04 bits per heavy atom. The zero-order valence-corrected chi connectivity index (χ0v) is 15.9. The van der Waals surface area contributed by atoms with E-state index in [1.807, 2.05) is 12.3 Å². The lowest BCUT2D eigenvalue weighted by atomic mass is 9.83. The topological polar surface area (TPSA) is 45.7 Å². The van der Waals surface area contributed by atoms with Crippen molar-refractivity contribution in [3.63, 3.8) is 0 Å². The van der Waals surface area contributed by atoms with Gasteiger partial charge in [-0.05, 0) is 42.5 Å². The number of nitrogens with zero attached hydrogens (tertiary/aromatic N) is 3. The van der Waals surface area contributed by atoms with Gasteiger partial charge < -0.3 is 9.64 Å². The van der Waals surface area contributed by atoms with Crippen LogP contribution in [0.25, 0.3) is 10.9 Å². The summed E-state index contributed by atoms with van der Waals surface area (Å²) in [6, 6.07) is 10.7. The number of pyridine rings is 1. The number of benzene rings is 1. The normalized spacial score (nSPS) is 30.9. The van der Waals surface area contributed by atoms with E-state index >= 15 is 0 Å². The maximum atomic E-state index is 12.7. The predicted molar refractivity (Wildman–Crippen MR) is 104 cm³/mol. The van der Waals surface area contributed by atoms with Crippen LogP contribution in [-0.4, -0.2) is 59.6 Å². The standard InChI is InChI=1S/C22H27N3O2/c1-22-14-24(11-16-6-7-19-17(10-16)4-2-8-23-19)12-18(22)13-25(15-22)21(26)20-5-3-9-27-20/h2,4,6-8,10,18,20H,3,5,9,11-15H2,1H3/t18-,20?,22+/m0/s1. The van der Waals surface area contributed by atoms with Crippen LogP contribution < -0.4 is 0 Å². The molecular formula is C22H27N3O2. The number of carbonyl (C=O) groups is 1. The number of likely N-dealkylation sites (tertiary alicyclic amines) is 2. The van der Waals surface area contributed by atoms with Crippen molar-refractivity contribution in [2.75, 3.05) is 32.8 Å². The largest absolute Gasteiger partial charge is 0.368 e. The molecule has 1 unspecified atom stereocenters. The van der Waals surface area contributed by atoms with E-state index in [-0.39, 0.29) is 17.4 Å². The van der Waals surface area contributed by atoms with Crippen LogP contribution in [0.2, 0.25) is 0 Å². The molecule has 3 atom stereocenters. The minimum absolute atomic E-state index is 0.185. The summed E-state index contributed by atoms with van der Waals surface area (Å²) >= 11 is 0. The van der Waals surface area contributed by atoms with Gasteiger partial charge in [-0.3, -0.25) is 14.7 Å². The van der Waals surface area contributed by atoms with Gasteiger partial charge in [-0.25, -0.2) is 0 Å². The van der Waals surface area contributed by atoms with Gasteiger partial charge in [0, 0.05) is 56.3 Å². The van der Waals surface area contributed by atoms with Crippen molar-refractivity contribution < 1.29 is 9.53 Å². The van der Waals surface area contributed by atoms with Crippen molar-refractivity contribution in [2.24, 2.45) is 11.3 Å². The van der Waals surface area contributed by atoms with Gasteiger partial charge in [0.1, 0.15) is 6.10 Å². The SMILES string of the molecule is C[C@]12CN(Cc3ccc4ncccc4c3)C[C@H]1CN(C(=O)C1CCCO1)C2. The van der Waals surface area contributed by atoms with Crippen molar-refractivity contribution in [1.29, 1.82) is 0 Å². The van der Waals surface area contributed by atoms with Crippen molar-refractivity contribution in [3.8, 4) is 0 Å². The first kappa shape index (κ1) is 17.1. The van der Waals surface area contributed by atoms with E-state index in [4.69, 9.17) is 4.74 Å². The molecule has 1 amide bonds. The number of fused-ring (bicyclic) bond motifs is 2. The molecule has 27 heavy (non-hydrogen) atoms. The van der Waals surface area contributed by atoms with E-state index in [1.165, 1.54) is 10.9 Å². The van der Waals surface area contributed by atoms with E-state index in [0.29, 0.717) is 5.92 Å².